The number of halogens is 1. The minimum Gasteiger partial charge on any atom is -0.353 e. The first kappa shape index (κ1) is 12.6. The van der Waals surface area contributed by atoms with Gasteiger partial charge in [-0.15, -0.1) is 5.10 Å². The second-order valence-electron chi connectivity index (χ2n) is 4.75. The van der Waals surface area contributed by atoms with E-state index in [4.69, 9.17) is 0 Å². The zero-order valence-electron chi connectivity index (χ0n) is 11.2. The van der Waals surface area contributed by atoms with Crippen molar-refractivity contribution in [3.8, 4) is 0 Å². The van der Waals surface area contributed by atoms with Crippen molar-refractivity contribution < 1.29 is 4.39 Å². The molecule has 3 rings (SSSR count). The maximum Gasteiger partial charge on any atom is 0.243 e. The Morgan fingerprint density at radius 2 is 2.15 bits per heavy atom. The molecule has 1 N–H and O–H groups in total. The van der Waals surface area contributed by atoms with Crippen LogP contribution in [-0.4, -0.2) is 21.1 Å². The van der Waals surface area contributed by atoms with Crippen molar-refractivity contribution in [3.05, 3.63) is 59.5 Å². The minimum absolute atomic E-state index is 0.325. The first-order chi connectivity index (χ1) is 9.70. The van der Waals surface area contributed by atoms with Gasteiger partial charge in [0.1, 0.15) is 5.82 Å². The number of nitrogens with zero attached hydrogens (tertiary/aromatic N) is 3. The van der Waals surface area contributed by atoms with E-state index in [0.717, 1.165) is 13.0 Å². The van der Waals surface area contributed by atoms with Crippen molar-refractivity contribution >= 4 is 11.6 Å². The van der Waals surface area contributed by atoms with Crippen molar-refractivity contribution in [2.45, 2.75) is 13.3 Å². The highest BCUT2D eigenvalue weighted by Crippen LogP contribution is 2.08. The monoisotopic (exact) mass is 270 g/mol. The molecule has 2 heterocycles. The van der Waals surface area contributed by atoms with Gasteiger partial charge in [0.25, 0.3) is 0 Å². The van der Waals surface area contributed by atoms with E-state index in [2.05, 4.69) is 46.6 Å². The number of benzene rings is 1. The summed E-state index contributed by atoms with van der Waals surface area (Å²) in [5.74, 6) is 0.192. The number of pyridine rings is 1. The van der Waals surface area contributed by atoms with Crippen LogP contribution in [0.4, 0.5) is 10.3 Å². The van der Waals surface area contributed by atoms with Gasteiger partial charge in [0.15, 0.2) is 5.65 Å². The number of aryl methyl sites for hydroxylation is 1. The Morgan fingerprint density at radius 1 is 1.25 bits per heavy atom. The average Bonchev–Trinajstić information content (AvgIpc) is 2.80. The molecule has 0 saturated heterocycles. The van der Waals surface area contributed by atoms with Gasteiger partial charge in [-0.1, -0.05) is 29.8 Å². The molecule has 0 aliphatic carbocycles. The van der Waals surface area contributed by atoms with E-state index in [1.54, 1.807) is 6.07 Å². The van der Waals surface area contributed by atoms with E-state index in [1.165, 1.54) is 27.9 Å². The van der Waals surface area contributed by atoms with Crippen LogP contribution in [-0.2, 0) is 6.42 Å². The highest BCUT2D eigenvalue weighted by Gasteiger charge is 2.03. The summed E-state index contributed by atoms with van der Waals surface area (Å²) in [6.45, 7) is 2.82. The molecule has 0 saturated carbocycles. The standard InChI is InChI=1S/C15H15FN4/c1-11-3-2-4-12(9-11)7-8-17-15-18-14-6-5-13(16)10-20(14)19-15/h2-6,9-10H,7-8H2,1H3,(H,17,19). The van der Waals surface area contributed by atoms with Crippen LogP contribution in [0.25, 0.3) is 5.65 Å². The highest BCUT2D eigenvalue weighted by atomic mass is 19.1. The fourth-order valence-electron chi connectivity index (χ4n) is 2.12. The fourth-order valence-corrected chi connectivity index (χ4v) is 2.12. The minimum atomic E-state index is -0.325. The van der Waals surface area contributed by atoms with Crippen molar-refractivity contribution in [1.82, 2.24) is 14.6 Å². The van der Waals surface area contributed by atoms with Gasteiger partial charge in [-0.2, -0.15) is 4.98 Å². The number of hydrogen-bond donors (Lipinski definition) is 1. The molecular weight excluding hydrogens is 255 g/mol. The topological polar surface area (TPSA) is 42.2 Å². The van der Waals surface area contributed by atoms with E-state index in [1.807, 2.05) is 0 Å². The summed E-state index contributed by atoms with van der Waals surface area (Å²) < 4.78 is 14.5. The molecule has 0 bridgehead atoms. The summed E-state index contributed by atoms with van der Waals surface area (Å²) in [5.41, 5.74) is 3.15. The molecule has 20 heavy (non-hydrogen) atoms. The molecule has 0 spiro atoms. The second-order valence-corrected chi connectivity index (χ2v) is 4.75. The van der Waals surface area contributed by atoms with Gasteiger partial charge in [0.05, 0.1) is 6.20 Å². The Hall–Kier alpha value is -2.43. The quantitative estimate of drug-likeness (QED) is 0.792. The summed E-state index contributed by atoms with van der Waals surface area (Å²) in [7, 11) is 0. The Kier molecular flexibility index (Phi) is 3.33. The van der Waals surface area contributed by atoms with Crippen LogP contribution in [0.3, 0.4) is 0 Å². The lowest BCUT2D eigenvalue weighted by molar-refractivity contribution is 0.615. The lowest BCUT2D eigenvalue weighted by Gasteiger charge is -2.03. The molecule has 2 aromatic heterocycles. The van der Waals surface area contributed by atoms with Gasteiger partial charge >= 0.3 is 0 Å². The number of anilines is 1. The molecule has 0 radical (unpaired) electrons. The van der Waals surface area contributed by atoms with Crippen LogP contribution in [0.1, 0.15) is 11.1 Å². The fraction of sp³-hybridized carbons (Fsp3) is 0.200. The number of fused-ring (bicyclic) bond motifs is 1. The van der Waals surface area contributed by atoms with Gasteiger partial charge in [-0.05, 0) is 31.0 Å². The van der Waals surface area contributed by atoms with Crippen molar-refractivity contribution in [2.24, 2.45) is 0 Å². The molecule has 102 valence electrons. The molecule has 0 amide bonds. The van der Waals surface area contributed by atoms with E-state index >= 15 is 0 Å². The smallest absolute Gasteiger partial charge is 0.243 e. The van der Waals surface area contributed by atoms with E-state index in [-0.39, 0.29) is 5.82 Å². The summed E-state index contributed by atoms with van der Waals surface area (Å²) in [6.07, 6.45) is 2.21. The predicted molar refractivity (Wildman–Crippen MR) is 76.3 cm³/mol. The summed E-state index contributed by atoms with van der Waals surface area (Å²) in [5, 5.41) is 7.33. The average molecular weight is 270 g/mol. The normalized spacial score (nSPS) is 10.9. The second kappa shape index (κ2) is 5.28. The third-order valence-corrected chi connectivity index (χ3v) is 3.07. The predicted octanol–water partition coefficient (Wildman–Crippen LogP) is 2.83. The van der Waals surface area contributed by atoms with Crippen LogP contribution >= 0.6 is 0 Å². The van der Waals surface area contributed by atoms with Crippen LogP contribution in [0, 0.1) is 12.7 Å². The molecule has 3 aromatic rings. The SMILES string of the molecule is Cc1cccc(CCNc2nc3ccc(F)cn3n2)c1. The van der Waals surface area contributed by atoms with Crippen molar-refractivity contribution in [2.75, 3.05) is 11.9 Å². The van der Waals surface area contributed by atoms with Gasteiger partial charge in [0.2, 0.25) is 5.95 Å². The molecule has 0 unspecified atom stereocenters. The summed E-state index contributed by atoms with van der Waals surface area (Å²) >= 11 is 0. The lowest BCUT2D eigenvalue weighted by Crippen LogP contribution is -2.06. The lowest BCUT2D eigenvalue weighted by atomic mass is 10.1. The van der Waals surface area contributed by atoms with Gasteiger partial charge < -0.3 is 5.32 Å². The third-order valence-electron chi connectivity index (χ3n) is 3.07. The molecule has 5 heteroatoms. The van der Waals surface area contributed by atoms with Gasteiger partial charge in [-0.3, -0.25) is 0 Å². The Bertz CT molecular complexity index is 736. The highest BCUT2D eigenvalue weighted by molar-refractivity contribution is 5.43. The zero-order valence-corrected chi connectivity index (χ0v) is 11.2. The first-order valence-corrected chi connectivity index (χ1v) is 6.52. The molecule has 0 aliphatic heterocycles. The first-order valence-electron chi connectivity index (χ1n) is 6.52. The molecule has 1 aromatic carbocycles. The molecule has 0 fully saturated rings. The van der Waals surface area contributed by atoms with Crippen LogP contribution in [0.15, 0.2) is 42.6 Å². The summed E-state index contributed by atoms with van der Waals surface area (Å²) in [4.78, 5) is 4.28. The molecule has 4 nitrogen and oxygen atoms in total. The van der Waals surface area contributed by atoms with E-state index in [0.29, 0.717) is 11.6 Å². The maximum atomic E-state index is 13.0. The van der Waals surface area contributed by atoms with E-state index in [9.17, 15) is 4.39 Å². The Labute approximate surface area is 116 Å². The van der Waals surface area contributed by atoms with Crippen molar-refractivity contribution in [1.29, 1.82) is 0 Å². The number of nitrogens with one attached hydrogen (secondary N) is 1. The summed E-state index contributed by atoms with van der Waals surface area (Å²) in [6, 6.07) is 11.4. The molecular formula is C15H15FN4. The zero-order chi connectivity index (χ0) is 13.9. The Morgan fingerprint density at radius 3 is 3.00 bits per heavy atom. The maximum absolute atomic E-state index is 13.0. The van der Waals surface area contributed by atoms with Crippen molar-refractivity contribution in [3.63, 3.8) is 0 Å². The van der Waals surface area contributed by atoms with Crippen LogP contribution in [0.2, 0.25) is 0 Å². The van der Waals surface area contributed by atoms with Crippen LogP contribution < -0.4 is 5.32 Å². The number of rotatable bonds is 4. The molecule has 0 aliphatic rings. The molecule has 0 atom stereocenters. The Balaban J connectivity index is 1.65. The van der Waals surface area contributed by atoms with Crippen LogP contribution in [0.5, 0.6) is 0 Å². The largest absolute Gasteiger partial charge is 0.353 e. The number of aromatic nitrogens is 3. The van der Waals surface area contributed by atoms with Gasteiger partial charge in [-0.25, -0.2) is 8.91 Å². The third kappa shape index (κ3) is 2.77. The number of hydrogen-bond acceptors (Lipinski definition) is 3. The van der Waals surface area contributed by atoms with E-state index < -0.39 is 0 Å². The van der Waals surface area contributed by atoms with Gasteiger partial charge in [0, 0.05) is 6.54 Å².